The summed E-state index contributed by atoms with van der Waals surface area (Å²) in [6.45, 7) is 2.83. The molecule has 26 heavy (non-hydrogen) atoms. The lowest BCUT2D eigenvalue weighted by Crippen LogP contribution is -2.34. The molecular formula is C13H21N5O7P+. The van der Waals surface area contributed by atoms with E-state index in [1.54, 1.807) is 13.8 Å². The summed E-state index contributed by atoms with van der Waals surface area (Å²) in [6.07, 6.45) is -2.57. The van der Waals surface area contributed by atoms with Crippen LogP contribution >= 0.6 is 8.17 Å². The Morgan fingerprint density at radius 1 is 1.27 bits per heavy atom. The number of nitrogen functional groups attached to an aromatic ring is 1. The first kappa shape index (κ1) is 19.3. The third kappa shape index (κ3) is 3.77. The smallest absolute Gasteiger partial charge is 0.387 e. The Labute approximate surface area is 148 Å². The van der Waals surface area contributed by atoms with E-state index < -0.39 is 45.4 Å². The largest absolute Gasteiger partial charge is 0.570 e. The van der Waals surface area contributed by atoms with Crippen LogP contribution in [-0.4, -0.2) is 70.5 Å². The highest BCUT2D eigenvalue weighted by Gasteiger charge is 2.48. The van der Waals surface area contributed by atoms with Crippen LogP contribution in [0.3, 0.4) is 0 Å². The molecule has 1 saturated heterocycles. The summed E-state index contributed by atoms with van der Waals surface area (Å²) in [5.41, 5.74) is 6.38. The van der Waals surface area contributed by atoms with E-state index in [-0.39, 0.29) is 5.82 Å². The van der Waals surface area contributed by atoms with E-state index in [2.05, 4.69) is 15.0 Å². The zero-order valence-electron chi connectivity index (χ0n) is 14.1. The van der Waals surface area contributed by atoms with Gasteiger partial charge in [-0.3, -0.25) is 4.57 Å². The number of fused-ring (bicyclic) bond motifs is 1. The van der Waals surface area contributed by atoms with Crippen LogP contribution in [0.2, 0.25) is 0 Å². The molecule has 3 rings (SSSR count). The highest BCUT2D eigenvalue weighted by atomic mass is 31.2. The predicted octanol–water partition coefficient (Wildman–Crippen LogP) is -0.869. The minimum Gasteiger partial charge on any atom is -0.387 e. The number of aliphatic hydroxyl groups is 2. The van der Waals surface area contributed by atoms with E-state index in [0.717, 1.165) is 0 Å². The molecule has 12 nitrogen and oxygen atoms in total. The maximum absolute atomic E-state index is 10.3. The van der Waals surface area contributed by atoms with Crippen molar-refractivity contribution in [2.75, 3.05) is 12.3 Å². The van der Waals surface area contributed by atoms with Gasteiger partial charge in [0, 0.05) is 0 Å². The van der Waals surface area contributed by atoms with E-state index in [0.29, 0.717) is 11.2 Å². The third-order valence-electron chi connectivity index (χ3n) is 3.75. The van der Waals surface area contributed by atoms with Gasteiger partial charge >= 0.3 is 8.17 Å². The molecule has 0 amide bonds. The summed E-state index contributed by atoms with van der Waals surface area (Å²) >= 11 is 0. The molecule has 13 heteroatoms. The molecule has 144 valence electrons. The summed E-state index contributed by atoms with van der Waals surface area (Å²) in [7, 11) is -4.05. The standard InChI is InChI=1S/C13H21N5O7P/c1-6(2)25-26(21,22)23-3-7-9(19)10(20)13(24-7)18-5-17-8-11(14)15-4-16-12(8)18/h4-7,9-10,13,19-22H,3H2,1-2H3,(H2,14,15,16)/q+1/t7-,9-,10-,13-/m0/s1. The van der Waals surface area contributed by atoms with Crippen molar-refractivity contribution in [2.24, 2.45) is 0 Å². The molecule has 1 fully saturated rings. The second-order valence-corrected chi connectivity index (χ2v) is 7.52. The number of hydrogen-bond donors (Lipinski definition) is 5. The van der Waals surface area contributed by atoms with Gasteiger partial charge in [-0.15, -0.1) is 0 Å². The van der Waals surface area contributed by atoms with E-state index in [1.807, 2.05) is 0 Å². The van der Waals surface area contributed by atoms with Crippen LogP contribution in [0.15, 0.2) is 12.7 Å². The minimum atomic E-state index is -4.05. The Morgan fingerprint density at radius 3 is 2.69 bits per heavy atom. The van der Waals surface area contributed by atoms with E-state index >= 15 is 0 Å². The van der Waals surface area contributed by atoms with Crippen molar-refractivity contribution in [1.29, 1.82) is 0 Å². The number of hydrogen-bond acceptors (Lipinski definition) is 11. The molecule has 4 atom stereocenters. The van der Waals surface area contributed by atoms with Crippen LogP contribution in [0.25, 0.3) is 11.2 Å². The zero-order valence-corrected chi connectivity index (χ0v) is 15.0. The molecular weight excluding hydrogens is 369 g/mol. The Morgan fingerprint density at radius 2 is 2.00 bits per heavy atom. The number of rotatable bonds is 6. The van der Waals surface area contributed by atoms with Gasteiger partial charge in [0.05, 0.1) is 6.33 Å². The highest BCUT2D eigenvalue weighted by Crippen LogP contribution is 2.53. The van der Waals surface area contributed by atoms with Gasteiger partial charge in [0.1, 0.15) is 42.9 Å². The molecule has 0 bridgehead atoms. The lowest BCUT2D eigenvalue weighted by molar-refractivity contribution is -0.0548. The molecule has 0 radical (unpaired) electrons. The molecule has 3 heterocycles. The van der Waals surface area contributed by atoms with Gasteiger partial charge < -0.3 is 20.7 Å². The quantitative estimate of drug-likeness (QED) is 0.387. The molecule has 0 spiro atoms. The lowest BCUT2D eigenvalue weighted by atomic mass is 10.1. The molecule has 2 aromatic rings. The molecule has 1 aliphatic rings. The van der Waals surface area contributed by atoms with Crippen LogP contribution in [0, 0.1) is 0 Å². The number of anilines is 1. The average Bonchev–Trinajstić information content (AvgIpc) is 3.08. The Hall–Kier alpha value is -1.50. The van der Waals surface area contributed by atoms with Gasteiger partial charge in [-0.25, -0.2) is 15.0 Å². The topological polar surface area (TPSA) is 178 Å². The fraction of sp³-hybridized carbons (Fsp3) is 0.615. The van der Waals surface area contributed by atoms with Crippen molar-refractivity contribution in [1.82, 2.24) is 19.5 Å². The van der Waals surface area contributed by atoms with Gasteiger partial charge in [0.2, 0.25) is 0 Å². The summed E-state index contributed by atoms with van der Waals surface area (Å²) in [4.78, 5) is 31.4. The van der Waals surface area contributed by atoms with Crippen LogP contribution in [0.4, 0.5) is 5.82 Å². The second-order valence-electron chi connectivity index (χ2n) is 6.07. The van der Waals surface area contributed by atoms with Crippen molar-refractivity contribution in [2.45, 2.75) is 44.5 Å². The van der Waals surface area contributed by atoms with Gasteiger partial charge in [-0.1, -0.05) is 0 Å². The number of nitrogens with zero attached hydrogens (tertiary/aromatic N) is 4. The van der Waals surface area contributed by atoms with Crippen molar-refractivity contribution in [3.63, 3.8) is 0 Å². The van der Waals surface area contributed by atoms with Crippen LogP contribution in [0.1, 0.15) is 20.1 Å². The molecule has 0 aliphatic carbocycles. The SMILES string of the molecule is CC(C)O[P+](O)(O)OC[C@@H]1O[C@H](n2cnc3c(N)ncnc32)[C@@H](O)[C@H]1O. The van der Waals surface area contributed by atoms with Gasteiger partial charge in [0.25, 0.3) is 0 Å². The number of imidazole rings is 1. The minimum absolute atomic E-state index is 0.169. The zero-order chi connectivity index (χ0) is 19.1. The monoisotopic (exact) mass is 390 g/mol. The number of ether oxygens (including phenoxy) is 1. The first-order chi connectivity index (χ1) is 12.2. The number of aromatic nitrogens is 4. The summed E-state index contributed by atoms with van der Waals surface area (Å²) in [5, 5.41) is 20.5. The first-order valence-corrected chi connectivity index (χ1v) is 9.34. The fourth-order valence-electron chi connectivity index (χ4n) is 2.63. The number of aliphatic hydroxyl groups excluding tert-OH is 2. The lowest BCUT2D eigenvalue weighted by Gasteiger charge is -2.16. The summed E-state index contributed by atoms with van der Waals surface area (Å²) in [6, 6.07) is 0. The van der Waals surface area contributed by atoms with Crippen molar-refractivity contribution < 1.29 is 33.8 Å². The summed E-state index contributed by atoms with van der Waals surface area (Å²) in [5.74, 6) is 0.169. The van der Waals surface area contributed by atoms with E-state index in [4.69, 9.17) is 19.5 Å². The second kappa shape index (κ2) is 7.25. The summed E-state index contributed by atoms with van der Waals surface area (Å²) < 4.78 is 16.9. The normalized spacial score (nSPS) is 26.9. The molecule has 0 unspecified atom stereocenters. The Balaban J connectivity index is 1.74. The molecule has 6 N–H and O–H groups in total. The molecule has 1 aliphatic heterocycles. The molecule has 2 aromatic heterocycles. The Bertz CT molecular complexity index is 772. The van der Waals surface area contributed by atoms with Gasteiger partial charge in [0.15, 0.2) is 17.7 Å². The maximum atomic E-state index is 10.3. The molecule has 0 aromatic carbocycles. The maximum Gasteiger partial charge on any atom is 0.570 e. The van der Waals surface area contributed by atoms with E-state index in [1.165, 1.54) is 17.2 Å². The first-order valence-electron chi connectivity index (χ1n) is 7.81. The number of nitrogens with two attached hydrogens (primary N) is 1. The van der Waals surface area contributed by atoms with E-state index in [9.17, 15) is 20.0 Å². The average molecular weight is 390 g/mol. The van der Waals surface area contributed by atoms with Gasteiger partial charge in [-0.05, 0) is 13.8 Å². The van der Waals surface area contributed by atoms with Crippen molar-refractivity contribution in [3.8, 4) is 0 Å². The van der Waals surface area contributed by atoms with Crippen LogP contribution in [0.5, 0.6) is 0 Å². The van der Waals surface area contributed by atoms with Crippen LogP contribution in [-0.2, 0) is 13.8 Å². The van der Waals surface area contributed by atoms with Crippen molar-refractivity contribution in [3.05, 3.63) is 12.7 Å². The fourth-order valence-corrected chi connectivity index (χ4v) is 3.58. The predicted molar refractivity (Wildman–Crippen MR) is 89.2 cm³/mol. The van der Waals surface area contributed by atoms with Crippen LogP contribution < -0.4 is 5.73 Å². The van der Waals surface area contributed by atoms with Crippen molar-refractivity contribution >= 4 is 25.2 Å². The Kier molecular flexibility index (Phi) is 5.37. The third-order valence-corrected chi connectivity index (χ3v) is 4.94. The molecule has 0 saturated carbocycles. The highest BCUT2D eigenvalue weighted by molar-refractivity contribution is 7.54. The van der Waals surface area contributed by atoms with Gasteiger partial charge in [-0.2, -0.15) is 18.8 Å².